The molecule has 3 heterocycles. The van der Waals surface area contributed by atoms with Crippen LogP contribution >= 0.6 is 0 Å². The van der Waals surface area contributed by atoms with Gasteiger partial charge < -0.3 is 25.4 Å². The summed E-state index contributed by atoms with van der Waals surface area (Å²) in [4.78, 5) is 21.4. The van der Waals surface area contributed by atoms with Gasteiger partial charge in [0.15, 0.2) is 23.1 Å². The molecule has 0 radical (unpaired) electrons. The monoisotopic (exact) mass is 369 g/mol. The van der Waals surface area contributed by atoms with Gasteiger partial charge in [-0.3, -0.25) is 4.79 Å². The third-order valence-electron chi connectivity index (χ3n) is 4.95. The van der Waals surface area contributed by atoms with E-state index < -0.39 is 0 Å². The van der Waals surface area contributed by atoms with E-state index in [1.165, 1.54) is 0 Å². The normalized spacial score (nSPS) is 18.3. The number of hydrogen-bond acceptors (Lipinski definition) is 7. The average Bonchev–Trinajstić information content (AvgIpc) is 3.13. The Morgan fingerprint density at radius 2 is 2.11 bits per heavy atom. The van der Waals surface area contributed by atoms with Crippen molar-refractivity contribution in [1.82, 2.24) is 9.97 Å². The van der Waals surface area contributed by atoms with Crippen LogP contribution in [0.2, 0.25) is 0 Å². The van der Waals surface area contributed by atoms with Crippen molar-refractivity contribution in [1.29, 1.82) is 0 Å². The third kappa shape index (κ3) is 3.34. The van der Waals surface area contributed by atoms with Crippen molar-refractivity contribution in [3.8, 4) is 11.5 Å². The van der Waals surface area contributed by atoms with Gasteiger partial charge in [-0.1, -0.05) is 26.3 Å². The molecule has 1 aromatic carbocycles. The van der Waals surface area contributed by atoms with Crippen molar-refractivity contribution in [2.45, 2.75) is 39.8 Å². The zero-order valence-electron chi connectivity index (χ0n) is 15.6. The number of ether oxygens (including phenoxy) is 2. The maximum absolute atomic E-state index is 12.5. The number of aryl methyl sites for hydroxylation is 1. The number of amides is 1. The van der Waals surface area contributed by atoms with Gasteiger partial charge in [-0.2, -0.15) is 0 Å². The maximum Gasteiger partial charge on any atom is 0.247 e. The second-order valence-corrected chi connectivity index (χ2v) is 6.88. The van der Waals surface area contributed by atoms with Gasteiger partial charge in [-0.15, -0.1) is 0 Å². The molecule has 0 saturated heterocycles. The SMILES string of the molecule is CCC(C)C1Nc2nc(C)nc(NCc3ccc4c(c3)OCO4)c2NC1=O. The van der Waals surface area contributed by atoms with Crippen LogP contribution in [0.3, 0.4) is 0 Å². The molecule has 1 amide bonds. The van der Waals surface area contributed by atoms with Crippen LogP contribution in [0.1, 0.15) is 31.7 Å². The van der Waals surface area contributed by atoms with Gasteiger partial charge in [0.25, 0.3) is 0 Å². The van der Waals surface area contributed by atoms with E-state index in [2.05, 4.69) is 39.8 Å². The lowest BCUT2D eigenvalue weighted by Gasteiger charge is -2.30. The highest BCUT2D eigenvalue weighted by atomic mass is 16.7. The molecule has 0 aliphatic carbocycles. The molecule has 2 unspecified atom stereocenters. The molecule has 0 spiro atoms. The summed E-state index contributed by atoms with van der Waals surface area (Å²) in [7, 11) is 0. The number of fused-ring (bicyclic) bond motifs is 2. The number of nitrogens with zero attached hydrogens (tertiary/aromatic N) is 2. The number of rotatable bonds is 5. The van der Waals surface area contributed by atoms with Gasteiger partial charge in [-0.25, -0.2) is 9.97 Å². The number of carbonyl (C=O) groups excluding carboxylic acids is 1. The Morgan fingerprint density at radius 1 is 1.30 bits per heavy atom. The van der Waals surface area contributed by atoms with Crippen molar-refractivity contribution in [2.75, 3.05) is 22.7 Å². The van der Waals surface area contributed by atoms with E-state index in [1.807, 2.05) is 25.1 Å². The van der Waals surface area contributed by atoms with Gasteiger partial charge >= 0.3 is 0 Å². The van der Waals surface area contributed by atoms with E-state index in [9.17, 15) is 4.79 Å². The van der Waals surface area contributed by atoms with E-state index >= 15 is 0 Å². The molecule has 142 valence electrons. The molecule has 2 aromatic rings. The minimum absolute atomic E-state index is 0.0598. The average molecular weight is 369 g/mol. The first kappa shape index (κ1) is 17.4. The third-order valence-corrected chi connectivity index (χ3v) is 4.95. The van der Waals surface area contributed by atoms with Gasteiger partial charge in [0.2, 0.25) is 12.7 Å². The van der Waals surface area contributed by atoms with Crippen LogP contribution in [0.5, 0.6) is 11.5 Å². The summed E-state index contributed by atoms with van der Waals surface area (Å²) >= 11 is 0. The van der Waals surface area contributed by atoms with Crippen molar-refractivity contribution in [3.63, 3.8) is 0 Å². The number of aromatic nitrogens is 2. The van der Waals surface area contributed by atoms with Gasteiger partial charge in [0.05, 0.1) is 0 Å². The summed E-state index contributed by atoms with van der Waals surface area (Å²) in [6, 6.07) is 5.50. The minimum Gasteiger partial charge on any atom is -0.454 e. The Labute approximate surface area is 157 Å². The van der Waals surface area contributed by atoms with E-state index in [1.54, 1.807) is 0 Å². The molecule has 2 aliphatic heterocycles. The van der Waals surface area contributed by atoms with Crippen LogP contribution in [0.4, 0.5) is 17.3 Å². The van der Waals surface area contributed by atoms with E-state index in [0.717, 1.165) is 23.5 Å². The number of benzene rings is 1. The summed E-state index contributed by atoms with van der Waals surface area (Å²) in [5.74, 6) is 3.52. The number of carbonyl (C=O) groups is 1. The zero-order chi connectivity index (χ0) is 19.0. The Balaban J connectivity index is 1.56. The topological polar surface area (TPSA) is 97.4 Å². The van der Waals surface area contributed by atoms with E-state index in [0.29, 0.717) is 29.7 Å². The Morgan fingerprint density at radius 3 is 2.93 bits per heavy atom. The lowest BCUT2D eigenvalue weighted by molar-refractivity contribution is -0.118. The van der Waals surface area contributed by atoms with E-state index in [4.69, 9.17) is 9.47 Å². The fourth-order valence-corrected chi connectivity index (χ4v) is 3.21. The summed E-state index contributed by atoms with van der Waals surface area (Å²) in [5, 5.41) is 9.53. The Hall–Kier alpha value is -3.03. The standard InChI is InChI=1S/C19H23N5O3/c1-4-10(2)15-19(25)24-16-17(21-11(3)22-18(16)23-15)20-8-12-5-6-13-14(7-12)27-9-26-13/h5-7,10,15H,4,8-9H2,1-3H3,(H,24,25)(H2,20,21,22,23). The van der Waals surface area contributed by atoms with E-state index in [-0.39, 0.29) is 24.7 Å². The first-order chi connectivity index (χ1) is 13.0. The van der Waals surface area contributed by atoms with Crippen molar-refractivity contribution in [3.05, 3.63) is 29.6 Å². The molecule has 8 nitrogen and oxygen atoms in total. The number of anilines is 3. The largest absolute Gasteiger partial charge is 0.454 e. The molecule has 0 saturated carbocycles. The summed E-state index contributed by atoms with van der Waals surface area (Å²) < 4.78 is 10.8. The fourth-order valence-electron chi connectivity index (χ4n) is 3.21. The second-order valence-electron chi connectivity index (χ2n) is 6.88. The smallest absolute Gasteiger partial charge is 0.247 e. The Kier molecular flexibility index (Phi) is 4.47. The molecule has 4 rings (SSSR count). The van der Waals surface area contributed by atoms with Gasteiger partial charge in [0.1, 0.15) is 17.6 Å². The summed E-state index contributed by atoms with van der Waals surface area (Å²) in [6.07, 6.45) is 0.902. The molecule has 1 aromatic heterocycles. The van der Waals surface area contributed by atoms with Crippen LogP contribution in [-0.4, -0.2) is 28.7 Å². The second kappa shape index (κ2) is 6.94. The number of nitrogens with one attached hydrogen (secondary N) is 3. The van der Waals surface area contributed by atoms with Gasteiger partial charge in [-0.05, 0) is 30.5 Å². The van der Waals surface area contributed by atoms with Crippen LogP contribution in [0.15, 0.2) is 18.2 Å². The van der Waals surface area contributed by atoms with Crippen molar-refractivity contribution >= 4 is 23.2 Å². The highest BCUT2D eigenvalue weighted by Gasteiger charge is 2.32. The zero-order valence-corrected chi connectivity index (χ0v) is 15.6. The van der Waals surface area contributed by atoms with Crippen LogP contribution < -0.4 is 25.4 Å². The van der Waals surface area contributed by atoms with Gasteiger partial charge in [0, 0.05) is 6.54 Å². The number of hydrogen-bond donors (Lipinski definition) is 3. The molecule has 2 aliphatic rings. The highest BCUT2D eigenvalue weighted by Crippen LogP contribution is 2.35. The van der Waals surface area contributed by atoms with Crippen molar-refractivity contribution in [2.24, 2.45) is 5.92 Å². The molecule has 2 atom stereocenters. The predicted molar refractivity (Wildman–Crippen MR) is 102 cm³/mol. The highest BCUT2D eigenvalue weighted by molar-refractivity contribution is 6.05. The first-order valence-electron chi connectivity index (χ1n) is 9.13. The Bertz CT molecular complexity index is 886. The molecule has 0 fully saturated rings. The fraction of sp³-hybridized carbons (Fsp3) is 0.421. The van der Waals surface area contributed by atoms with Crippen LogP contribution in [0, 0.1) is 12.8 Å². The van der Waals surface area contributed by atoms with Crippen LogP contribution in [-0.2, 0) is 11.3 Å². The lowest BCUT2D eigenvalue weighted by atomic mass is 9.97. The molecular formula is C19H23N5O3. The lowest BCUT2D eigenvalue weighted by Crippen LogP contribution is -2.43. The summed E-state index contributed by atoms with van der Waals surface area (Å²) in [6.45, 7) is 6.74. The molecule has 27 heavy (non-hydrogen) atoms. The molecule has 3 N–H and O–H groups in total. The first-order valence-corrected chi connectivity index (χ1v) is 9.13. The van der Waals surface area contributed by atoms with Crippen molar-refractivity contribution < 1.29 is 14.3 Å². The quantitative estimate of drug-likeness (QED) is 0.745. The molecular weight excluding hydrogens is 346 g/mol. The summed E-state index contributed by atoms with van der Waals surface area (Å²) in [5.41, 5.74) is 1.61. The van der Waals surface area contributed by atoms with Crippen LogP contribution in [0.25, 0.3) is 0 Å². The molecule has 8 heteroatoms. The maximum atomic E-state index is 12.5. The minimum atomic E-state index is -0.293. The molecule has 0 bridgehead atoms. The predicted octanol–water partition coefficient (Wildman–Crippen LogP) is 2.90.